The first-order valence-corrected chi connectivity index (χ1v) is 7.06. The van der Waals surface area contributed by atoms with Crippen LogP contribution in [0.25, 0.3) is 0 Å². The highest BCUT2D eigenvalue weighted by Gasteiger charge is 2.26. The standard InChI is InChI=1S/C11H20N2O3S/c12-11(16)9-3-1-4-13(7-9)10(15)8-17-6-2-5-14/h9,14H,1-8H2,(H2,12,16). The molecule has 1 saturated heterocycles. The summed E-state index contributed by atoms with van der Waals surface area (Å²) in [6.07, 6.45) is 2.35. The van der Waals surface area contributed by atoms with Gasteiger partial charge in [0.2, 0.25) is 11.8 Å². The third kappa shape index (κ3) is 4.95. The van der Waals surface area contributed by atoms with Gasteiger partial charge in [0.15, 0.2) is 0 Å². The van der Waals surface area contributed by atoms with Crippen molar-refractivity contribution in [1.82, 2.24) is 4.90 Å². The average molecular weight is 260 g/mol. The molecule has 0 radical (unpaired) electrons. The van der Waals surface area contributed by atoms with Gasteiger partial charge in [-0.15, -0.1) is 0 Å². The Morgan fingerprint density at radius 3 is 2.88 bits per heavy atom. The Balaban J connectivity index is 2.28. The van der Waals surface area contributed by atoms with E-state index >= 15 is 0 Å². The lowest BCUT2D eigenvalue weighted by atomic mass is 9.97. The van der Waals surface area contributed by atoms with Gasteiger partial charge in [0.1, 0.15) is 0 Å². The number of hydrogen-bond acceptors (Lipinski definition) is 4. The molecule has 0 aliphatic carbocycles. The normalized spacial score (nSPS) is 20.3. The molecule has 0 aromatic carbocycles. The quantitative estimate of drug-likeness (QED) is 0.649. The summed E-state index contributed by atoms with van der Waals surface area (Å²) >= 11 is 1.52. The second-order valence-electron chi connectivity index (χ2n) is 4.21. The van der Waals surface area contributed by atoms with Crippen molar-refractivity contribution in [3.63, 3.8) is 0 Å². The number of nitrogens with zero attached hydrogens (tertiary/aromatic N) is 1. The van der Waals surface area contributed by atoms with Crippen LogP contribution in [0.1, 0.15) is 19.3 Å². The number of hydrogen-bond donors (Lipinski definition) is 2. The van der Waals surface area contributed by atoms with Crippen molar-refractivity contribution in [3.8, 4) is 0 Å². The van der Waals surface area contributed by atoms with Gasteiger partial charge in [0, 0.05) is 19.7 Å². The Morgan fingerprint density at radius 1 is 1.47 bits per heavy atom. The molecule has 0 aromatic rings. The van der Waals surface area contributed by atoms with Gasteiger partial charge in [0.05, 0.1) is 11.7 Å². The second kappa shape index (κ2) is 7.55. The maximum absolute atomic E-state index is 11.8. The molecule has 1 fully saturated rings. The average Bonchev–Trinajstić information content (AvgIpc) is 2.34. The summed E-state index contributed by atoms with van der Waals surface area (Å²) in [5.41, 5.74) is 5.26. The molecule has 1 aliphatic heterocycles. The molecule has 0 aromatic heterocycles. The van der Waals surface area contributed by atoms with Gasteiger partial charge in [-0.05, 0) is 25.0 Å². The largest absolute Gasteiger partial charge is 0.396 e. The van der Waals surface area contributed by atoms with Crippen LogP contribution in [0, 0.1) is 5.92 Å². The number of aliphatic hydroxyl groups excluding tert-OH is 1. The molecule has 98 valence electrons. The second-order valence-corrected chi connectivity index (χ2v) is 5.32. The smallest absolute Gasteiger partial charge is 0.232 e. The van der Waals surface area contributed by atoms with E-state index in [-0.39, 0.29) is 24.3 Å². The number of carbonyl (C=O) groups excluding carboxylic acids is 2. The van der Waals surface area contributed by atoms with Crippen LogP contribution in [0.3, 0.4) is 0 Å². The fourth-order valence-electron chi connectivity index (χ4n) is 1.85. The summed E-state index contributed by atoms with van der Waals surface area (Å²) in [6, 6.07) is 0. The zero-order valence-corrected chi connectivity index (χ0v) is 10.7. The van der Waals surface area contributed by atoms with Gasteiger partial charge < -0.3 is 15.7 Å². The molecule has 0 saturated carbocycles. The van der Waals surface area contributed by atoms with Crippen molar-refractivity contribution in [2.24, 2.45) is 11.7 Å². The number of likely N-dealkylation sites (tertiary alicyclic amines) is 1. The van der Waals surface area contributed by atoms with E-state index in [9.17, 15) is 9.59 Å². The highest BCUT2D eigenvalue weighted by Crippen LogP contribution is 2.17. The maximum atomic E-state index is 11.8. The molecule has 3 N–H and O–H groups in total. The van der Waals surface area contributed by atoms with E-state index in [1.165, 1.54) is 11.8 Å². The van der Waals surface area contributed by atoms with Gasteiger partial charge in [-0.25, -0.2) is 0 Å². The van der Waals surface area contributed by atoms with E-state index in [2.05, 4.69) is 0 Å². The van der Waals surface area contributed by atoms with E-state index in [4.69, 9.17) is 10.8 Å². The van der Waals surface area contributed by atoms with Crippen LogP contribution >= 0.6 is 11.8 Å². The van der Waals surface area contributed by atoms with Crippen molar-refractivity contribution >= 4 is 23.6 Å². The van der Waals surface area contributed by atoms with E-state index in [0.717, 1.165) is 25.1 Å². The number of piperidine rings is 1. The molecule has 2 amide bonds. The van der Waals surface area contributed by atoms with Gasteiger partial charge in [-0.3, -0.25) is 9.59 Å². The summed E-state index contributed by atoms with van der Waals surface area (Å²) in [5, 5.41) is 8.62. The number of rotatable bonds is 6. The van der Waals surface area contributed by atoms with Crippen LogP contribution in [-0.4, -0.2) is 53.0 Å². The number of nitrogens with two attached hydrogens (primary N) is 1. The molecule has 1 unspecified atom stereocenters. The third-order valence-corrected chi connectivity index (χ3v) is 3.88. The van der Waals surface area contributed by atoms with E-state index < -0.39 is 0 Å². The van der Waals surface area contributed by atoms with Gasteiger partial charge in [-0.1, -0.05) is 0 Å². The van der Waals surface area contributed by atoms with Crippen LogP contribution in [0.5, 0.6) is 0 Å². The first-order valence-electron chi connectivity index (χ1n) is 5.91. The molecule has 1 atom stereocenters. The maximum Gasteiger partial charge on any atom is 0.232 e. The molecule has 0 bridgehead atoms. The monoisotopic (exact) mass is 260 g/mol. The van der Waals surface area contributed by atoms with Gasteiger partial charge in [0.25, 0.3) is 0 Å². The highest BCUT2D eigenvalue weighted by atomic mass is 32.2. The summed E-state index contributed by atoms with van der Waals surface area (Å²) in [7, 11) is 0. The lowest BCUT2D eigenvalue weighted by molar-refractivity contribution is -0.132. The lowest BCUT2D eigenvalue weighted by Gasteiger charge is -2.31. The summed E-state index contributed by atoms with van der Waals surface area (Å²) in [5.74, 6) is 0.783. The Bertz CT molecular complexity index is 273. The number of primary amides is 1. The van der Waals surface area contributed by atoms with Crippen molar-refractivity contribution in [2.75, 3.05) is 31.2 Å². The van der Waals surface area contributed by atoms with Gasteiger partial charge in [-0.2, -0.15) is 11.8 Å². The minimum atomic E-state index is -0.310. The predicted molar refractivity (Wildman–Crippen MR) is 67.5 cm³/mol. The number of thioether (sulfide) groups is 1. The highest BCUT2D eigenvalue weighted by molar-refractivity contribution is 7.99. The van der Waals surface area contributed by atoms with Crippen LogP contribution < -0.4 is 5.73 Å². The minimum absolute atomic E-state index is 0.0684. The fraction of sp³-hybridized carbons (Fsp3) is 0.818. The molecular formula is C11H20N2O3S. The molecule has 5 nitrogen and oxygen atoms in total. The molecule has 1 heterocycles. The SMILES string of the molecule is NC(=O)C1CCCN(C(=O)CSCCCO)C1. The van der Waals surface area contributed by atoms with E-state index in [1.54, 1.807) is 4.90 Å². The summed E-state index contributed by atoms with van der Waals surface area (Å²) < 4.78 is 0. The molecular weight excluding hydrogens is 240 g/mol. The first-order chi connectivity index (χ1) is 8.15. The van der Waals surface area contributed by atoms with Crippen LogP contribution in [-0.2, 0) is 9.59 Å². The van der Waals surface area contributed by atoms with E-state index in [0.29, 0.717) is 18.7 Å². The zero-order chi connectivity index (χ0) is 12.7. The van der Waals surface area contributed by atoms with Crippen LogP contribution in [0.2, 0.25) is 0 Å². The van der Waals surface area contributed by atoms with Crippen LogP contribution in [0.4, 0.5) is 0 Å². The van der Waals surface area contributed by atoms with Gasteiger partial charge >= 0.3 is 0 Å². The van der Waals surface area contributed by atoms with Crippen molar-refractivity contribution in [2.45, 2.75) is 19.3 Å². The Hall–Kier alpha value is -0.750. The third-order valence-electron chi connectivity index (χ3n) is 2.85. The predicted octanol–water partition coefficient (Wildman–Crippen LogP) is -0.174. The molecule has 0 spiro atoms. The minimum Gasteiger partial charge on any atom is -0.396 e. The Morgan fingerprint density at radius 2 is 2.24 bits per heavy atom. The van der Waals surface area contributed by atoms with E-state index in [1.807, 2.05) is 0 Å². The van der Waals surface area contributed by atoms with Crippen LogP contribution in [0.15, 0.2) is 0 Å². The summed E-state index contributed by atoms with van der Waals surface area (Å²) in [6.45, 7) is 1.35. The van der Waals surface area contributed by atoms with Crippen molar-refractivity contribution in [3.05, 3.63) is 0 Å². The van der Waals surface area contributed by atoms with Crippen molar-refractivity contribution in [1.29, 1.82) is 0 Å². The Kier molecular flexibility index (Phi) is 6.36. The molecule has 6 heteroatoms. The Labute approximate surface area is 106 Å². The zero-order valence-electron chi connectivity index (χ0n) is 9.93. The number of amides is 2. The molecule has 1 rings (SSSR count). The summed E-state index contributed by atoms with van der Waals surface area (Å²) in [4.78, 5) is 24.6. The number of aliphatic hydroxyl groups is 1. The first kappa shape index (κ1) is 14.3. The molecule has 1 aliphatic rings. The van der Waals surface area contributed by atoms with Crippen molar-refractivity contribution < 1.29 is 14.7 Å². The molecule has 17 heavy (non-hydrogen) atoms. The fourth-order valence-corrected chi connectivity index (χ4v) is 2.69. The topological polar surface area (TPSA) is 83.6 Å². The lowest BCUT2D eigenvalue weighted by Crippen LogP contribution is -2.44. The number of carbonyl (C=O) groups is 2.